The Labute approximate surface area is 61.2 Å². The van der Waals surface area contributed by atoms with Crippen LogP contribution in [0.4, 0.5) is 0 Å². The lowest BCUT2D eigenvalue weighted by molar-refractivity contribution is 0.886. The lowest BCUT2D eigenvalue weighted by atomic mass is 10.4. The maximum Gasteiger partial charge on any atom is 0.0967 e. The van der Waals surface area contributed by atoms with Gasteiger partial charge in [-0.1, -0.05) is 32.1 Å². The van der Waals surface area contributed by atoms with Gasteiger partial charge in [0.05, 0.1) is 5.34 Å². The van der Waals surface area contributed by atoms with E-state index in [9.17, 15) is 0 Å². The Morgan fingerprint density at radius 3 is 1.00 bits per heavy atom. The van der Waals surface area contributed by atoms with Crippen LogP contribution < -0.4 is 0 Å². The predicted octanol–water partition coefficient (Wildman–Crippen LogP) is 3.37. The molecule has 0 bridgehead atoms. The van der Waals surface area contributed by atoms with Crippen LogP contribution in [0.5, 0.6) is 0 Å². The molecule has 1 fully saturated rings. The number of rotatable bonds is 0. The van der Waals surface area contributed by atoms with Crippen LogP contribution in [0.3, 0.4) is 0 Å². The average Bonchev–Trinajstić information content (AvgIpc) is 2.17. The number of halogens is 2. The summed E-state index contributed by atoms with van der Waals surface area (Å²) in [6.45, 7) is 0. The Hall–Kier alpha value is 0.580. The van der Waals surface area contributed by atoms with E-state index >= 15 is 0 Å². The Balaban J connectivity index is 0.000000145. The van der Waals surface area contributed by atoms with Gasteiger partial charge < -0.3 is 0 Å². The van der Waals surface area contributed by atoms with Gasteiger partial charge in [0.25, 0.3) is 0 Å². The zero-order valence-electron chi connectivity index (χ0n) is 5.00. The molecule has 0 heterocycles. The van der Waals surface area contributed by atoms with Crippen molar-refractivity contribution in [3.05, 3.63) is 0 Å². The largest absolute Gasteiger partial charge is 0.109 e. The Bertz CT molecular complexity index is 25.9. The molecular formula is C6H12Cl2. The first kappa shape index (κ1) is 8.58. The van der Waals surface area contributed by atoms with Gasteiger partial charge in [-0.3, -0.25) is 0 Å². The first-order valence-corrected chi connectivity index (χ1v) is 4.10. The van der Waals surface area contributed by atoms with Crippen molar-refractivity contribution in [1.29, 1.82) is 0 Å². The van der Waals surface area contributed by atoms with E-state index in [0.29, 0.717) is 0 Å². The van der Waals surface area contributed by atoms with Crippen molar-refractivity contribution in [3.63, 3.8) is 0 Å². The van der Waals surface area contributed by atoms with E-state index in [-0.39, 0.29) is 5.34 Å². The summed E-state index contributed by atoms with van der Waals surface area (Å²) in [4.78, 5) is 0. The lowest BCUT2D eigenvalue weighted by Gasteiger charge is -1.67. The van der Waals surface area contributed by atoms with Crippen LogP contribution in [-0.2, 0) is 0 Å². The smallest absolute Gasteiger partial charge is 0.0967 e. The van der Waals surface area contributed by atoms with E-state index in [1.807, 2.05) is 0 Å². The SMILES string of the molecule is C1CCCC1.ClCCl. The highest BCUT2D eigenvalue weighted by Crippen LogP contribution is 2.15. The van der Waals surface area contributed by atoms with Gasteiger partial charge in [0.1, 0.15) is 0 Å². The maximum atomic E-state index is 4.76. The molecule has 50 valence electrons. The van der Waals surface area contributed by atoms with Crippen LogP contribution in [0.15, 0.2) is 0 Å². The molecule has 0 aromatic rings. The number of hydrogen-bond donors (Lipinski definition) is 0. The molecule has 1 aliphatic carbocycles. The molecule has 1 rings (SSSR count). The summed E-state index contributed by atoms with van der Waals surface area (Å²) in [7, 11) is 0. The summed E-state index contributed by atoms with van der Waals surface area (Å²) in [6.07, 6.45) is 7.50. The topological polar surface area (TPSA) is 0 Å². The van der Waals surface area contributed by atoms with Gasteiger partial charge in [0.15, 0.2) is 0 Å². The fraction of sp³-hybridized carbons (Fsp3) is 1.00. The van der Waals surface area contributed by atoms with Crippen LogP contribution >= 0.6 is 23.2 Å². The molecule has 0 unspecified atom stereocenters. The van der Waals surface area contributed by atoms with Crippen molar-refractivity contribution >= 4 is 23.2 Å². The minimum atomic E-state index is 0.194. The van der Waals surface area contributed by atoms with Crippen molar-refractivity contribution < 1.29 is 0 Å². The zero-order valence-corrected chi connectivity index (χ0v) is 6.51. The zero-order chi connectivity index (χ0) is 6.24. The summed E-state index contributed by atoms with van der Waals surface area (Å²) >= 11 is 9.53. The average molecular weight is 155 g/mol. The van der Waals surface area contributed by atoms with Gasteiger partial charge in [-0.05, 0) is 0 Å². The fourth-order valence-electron chi connectivity index (χ4n) is 0.884. The van der Waals surface area contributed by atoms with E-state index < -0.39 is 0 Å². The van der Waals surface area contributed by atoms with E-state index in [2.05, 4.69) is 0 Å². The number of hydrogen-bond acceptors (Lipinski definition) is 0. The molecule has 0 amide bonds. The Morgan fingerprint density at radius 2 is 0.875 bits per heavy atom. The molecular weight excluding hydrogens is 143 g/mol. The molecule has 2 heteroatoms. The van der Waals surface area contributed by atoms with Crippen LogP contribution in [0, 0.1) is 0 Å². The van der Waals surface area contributed by atoms with E-state index in [1.165, 1.54) is 32.1 Å². The molecule has 1 saturated carbocycles. The summed E-state index contributed by atoms with van der Waals surface area (Å²) in [5, 5.41) is 0.194. The molecule has 0 aromatic carbocycles. The fourth-order valence-corrected chi connectivity index (χ4v) is 0.884. The molecule has 0 aromatic heterocycles. The second-order valence-electron chi connectivity index (χ2n) is 1.87. The highest BCUT2D eigenvalue weighted by atomic mass is 35.5. The van der Waals surface area contributed by atoms with Gasteiger partial charge in [-0.25, -0.2) is 0 Å². The van der Waals surface area contributed by atoms with Gasteiger partial charge in [0.2, 0.25) is 0 Å². The van der Waals surface area contributed by atoms with E-state index in [1.54, 1.807) is 0 Å². The van der Waals surface area contributed by atoms with Crippen molar-refractivity contribution in [2.75, 3.05) is 5.34 Å². The van der Waals surface area contributed by atoms with Crippen LogP contribution in [0.25, 0.3) is 0 Å². The summed E-state index contributed by atoms with van der Waals surface area (Å²) in [6, 6.07) is 0. The van der Waals surface area contributed by atoms with Crippen LogP contribution in [-0.4, -0.2) is 5.34 Å². The standard InChI is InChI=1S/C5H10.CH2Cl2/c1-2-4-5-3-1;2-1-3/h1-5H2;1H2. The summed E-state index contributed by atoms with van der Waals surface area (Å²) in [5.41, 5.74) is 0. The minimum Gasteiger partial charge on any atom is -0.109 e. The van der Waals surface area contributed by atoms with Gasteiger partial charge in [-0.2, -0.15) is 0 Å². The minimum absolute atomic E-state index is 0.194. The molecule has 1 aliphatic rings. The predicted molar refractivity (Wildman–Crippen MR) is 39.7 cm³/mol. The lowest BCUT2D eigenvalue weighted by Crippen LogP contribution is -1.47. The van der Waals surface area contributed by atoms with E-state index in [0.717, 1.165) is 0 Å². The normalized spacial score (nSPS) is 17.2. The highest BCUT2D eigenvalue weighted by molar-refractivity contribution is 6.40. The van der Waals surface area contributed by atoms with Gasteiger partial charge in [0, 0.05) is 0 Å². The molecule has 8 heavy (non-hydrogen) atoms. The first-order valence-electron chi connectivity index (χ1n) is 3.03. The molecule has 0 saturated heterocycles. The van der Waals surface area contributed by atoms with Crippen molar-refractivity contribution in [1.82, 2.24) is 0 Å². The molecule has 0 radical (unpaired) electrons. The second kappa shape index (κ2) is 7.58. The summed E-state index contributed by atoms with van der Waals surface area (Å²) < 4.78 is 0. The molecule has 0 atom stereocenters. The third kappa shape index (κ3) is 6.58. The third-order valence-electron chi connectivity index (χ3n) is 1.25. The monoisotopic (exact) mass is 154 g/mol. The van der Waals surface area contributed by atoms with Crippen molar-refractivity contribution in [2.45, 2.75) is 32.1 Å². The summed E-state index contributed by atoms with van der Waals surface area (Å²) in [5.74, 6) is 0. The van der Waals surface area contributed by atoms with Crippen LogP contribution in [0.2, 0.25) is 0 Å². The van der Waals surface area contributed by atoms with Gasteiger partial charge in [-0.15, -0.1) is 23.2 Å². The number of alkyl halides is 2. The molecule has 0 spiro atoms. The van der Waals surface area contributed by atoms with Crippen molar-refractivity contribution in [3.8, 4) is 0 Å². The third-order valence-corrected chi connectivity index (χ3v) is 1.25. The van der Waals surface area contributed by atoms with Crippen LogP contribution in [0.1, 0.15) is 32.1 Å². The highest BCUT2D eigenvalue weighted by Gasteiger charge is 1.95. The van der Waals surface area contributed by atoms with Crippen molar-refractivity contribution in [2.24, 2.45) is 0 Å². The molecule has 0 nitrogen and oxygen atoms in total. The molecule has 0 N–H and O–H groups in total. The molecule has 0 aliphatic heterocycles. The second-order valence-corrected chi connectivity index (χ2v) is 2.68. The quantitative estimate of drug-likeness (QED) is 0.470. The van der Waals surface area contributed by atoms with Gasteiger partial charge >= 0.3 is 0 Å². The van der Waals surface area contributed by atoms with E-state index in [4.69, 9.17) is 23.2 Å². The first-order chi connectivity index (χ1) is 3.91. The Morgan fingerprint density at radius 1 is 0.750 bits per heavy atom. The Kier molecular flexibility index (Phi) is 8.13. The maximum absolute atomic E-state index is 4.76.